The van der Waals surface area contributed by atoms with E-state index in [1.807, 2.05) is 0 Å². The molecule has 0 saturated heterocycles. The van der Waals surface area contributed by atoms with E-state index in [0.29, 0.717) is 19.8 Å². The van der Waals surface area contributed by atoms with Crippen molar-refractivity contribution in [1.82, 2.24) is 0 Å². The van der Waals surface area contributed by atoms with E-state index in [1.54, 1.807) is 21.3 Å². The van der Waals surface area contributed by atoms with Gasteiger partial charge < -0.3 is 28.4 Å². The molecule has 246 valence electrons. The molecule has 0 unspecified atom stereocenters. The van der Waals surface area contributed by atoms with Gasteiger partial charge in [-0.3, -0.25) is 0 Å². The van der Waals surface area contributed by atoms with Crippen LogP contribution in [-0.4, -0.2) is 57.1 Å². The van der Waals surface area contributed by atoms with Crippen molar-refractivity contribution in [2.45, 2.75) is 57.8 Å². The van der Waals surface area contributed by atoms with Crippen molar-refractivity contribution in [3.05, 3.63) is 69.8 Å². The maximum absolute atomic E-state index is 6.26. The lowest BCUT2D eigenvalue weighted by Gasteiger charge is -2.18. The molecule has 0 heterocycles. The first-order chi connectivity index (χ1) is 22.0. The molecule has 0 aliphatic heterocycles. The minimum atomic E-state index is 0.638. The maximum Gasteiger partial charge on any atom is 0.161 e. The molecule has 9 heteroatoms. The van der Waals surface area contributed by atoms with Crippen molar-refractivity contribution in [2.24, 2.45) is 0 Å². The fourth-order valence-corrected chi connectivity index (χ4v) is 6.68. The zero-order chi connectivity index (χ0) is 32.0. The summed E-state index contributed by atoms with van der Waals surface area (Å²) in [6, 6.07) is 12.9. The molecular weight excluding hydrogens is 768 g/mol. The summed E-state index contributed by atoms with van der Waals surface area (Å²) >= 11 is 10.6. The lowest BCUT2D eigenvalue weighted by Crippen LogP contribution is -2.05. The Bertz CT molecular complexity index is 1210. The van der Waals surface area contributed by atoms with Gasteiger partial charge in [-0.2, -0.15) is 0 Å². The highest BCUT2D eigenvalue weighted by Gasteiger charge is 2.22. The van der Waals surface area contributed by atoms with E-state index < -0.39 is 0 Å². The van der Waals surface area contributed by atoms with E-state index in [0.717, 1.165) is 108 Å². The minimum Gasteiger partial charge on any atom is -0.493 e. The molecule has 4 rings (SSSR count). The van der Waals surface area contributed by atoms with Crippen LogP contribution in [-0.2, 0) is 19.3 Å². The van der Waals surface area contributed by atoms with Crippen molar-refractivity contribution >= 4 is 47.8 Å². The number of alkyl halides is 3. The summed E-state index contributed by atoms with van der Waals surface area (Å²) in [4.78, 5) is 0. The SMILES string of the molecule is COc1cc2c(cc1OCCCCBr)Cc1cc(OC)c(OCCCCBr)cc1Cc1cc(OC)c(OCCCCBr)cc1C2. The molecule has 0 saturated carbocycles. The van der Waals surface area contributed by atoms with Crippen LogP contribution in [0.25, 0.3) is 0 Å². The van der Waals surface area contributed by atoms with E-state index in [4.69, 9.17) is 28.4 Å². The Kier molecular flexibility index (Phi) is 15.0. The molecule has 0 amide bonds. The van der Waals surface area contributed by atoms with E-state index in [9.17, 15) is 0 Å². The van der Waals surface area contributed by atoms with Crippen LogP contribution in [0.3, 0.4) is 0 Å². The first kappa shape index (κ1) is 35.7. The Morgan fingerprint density at radius 1 is 0.400 bits per heavy atom. The number of fused-ring (bicyclic) bond motifs is 3. The Hall–Kier alpha value is -2.10. The summed E-state index contributed by atoms with van der Waals surface area (Å²) < 4.78 is 36.3. The first-order valence-electron chi connectivity index (χ1n) is 15.7. The monoisotopic (exact) mass is 810 g/mol. The summed E-state index contributed by atoms with van der Waals surface area (Å²) in [7, 11) is 5.12. The number of benzene rings is 3. The standard InChI is InChI=1S/C36H45Br3O6/c1-40-31-19-25-16-29-23-35(44-14-8-5-11-38)33(42-3)21-27(29)18-30-24-36(45-15-9-6-12-39)32(41-2)20-26(30)17-28(25)22-34(31)43-13-7-4-10-37/h19-24H,4-18H2,1-3H3. The predicted molar refractivity (Wildman–Crippen MR) is 193 cm³/mol. The minimum absolute atomic E-state index is 0.638. The number of methoxy groups -OCH3 is 3. The molecule has 45 heavy (non-hydrogen) atoms. The Morgan fingerprint density at radius 2 is 0.644 bits per heavy atom. The van der Waals surface area contributed by atoms with E-state index >= 15 is 0 Å². The summed E-state index contributed by atoms with van der Waals surface area (Å²) in [5.74, 6) is 4.57. The summed E-state index contributed by atoms with van der Waals surface area (Å²) in [6.45, 7) is 1.91. The van der Waals surface area contributed by atoms with Gasteiger partial charge in [-0.05, 0) is 128 Å². The molecule has 0 aromatic heterocycles. The molecule has 1 aliphatic rings. The molecule has 0 spiro atoms. The average Bonchev–Trinajstić information content (AvgIpc) is 3.11. The normalized spacial score (nSPS) is 12.1. The van der Waals surface area contributed by atoms with Gasteiger partial charge in [-0.1, -0.05) is 47.8 Å². The van der Waals surface area contributed by atoms with Crippen molar-refractivity contribution in [1.29, 1.82) is 0 Å². The van der Waals surface area contributed by atoms with Gasteiger partial charge >= 0.3 is 0 Å². The fourth-order valence-electron chi connectivity index (χ4n) is 5.49. The van der Waals surface area contributed by atoms with E-state index in [1.165, 1.54) is 33.4 Å². The smallest absolute Gasteiger partial charge is 0.161 e. The van der Waals surface area contributed by atoms with E-state index in [2.05, 4.69) is 84.2 Å². The third-order valence-corrected chi connectivity index (χ3v) is 9.64. The molecular formula is C36H45Br3O6. The van der Waals surface area contributed by atoms with Crippen LogP contribution in [0.2, 0.25) is 0 Å². The van der Waals surface area contributed by atoms with Gasteiger partial charge in [0.25, 0.3) is 0 Å². The number of hydrogen-bond acceptors (Lipinski definition) is 6. The third-order valence-electron chi connectivity index (χ3n) is 7.96. The number of ether oxygens (including phenoxy) is 6. The van der Waals surface area contributed by atoms with Crippen molar-refractivity contribution in [2.75, 3.05) is 57.1 Å². The highest BCUT2D eigenvalue weighted by atomic mass is 79.9. The van der Waals surface area contributed by atoms with Crippen molar-refractivity contribution < 1.29 is 28.4 Å². The lowest BCUT2D eigenvalue weighted by atomic mass is 9.94. The fraction of sp³-hybridized carbons (Fsp3) is 0.500. The molecule has 3 aromatic carbocycles. The molecule has 0 fully saturated rings. The number of halogens is 3. The highest BCUT2D eigenvalue weighted by Crippen LogP contribution is 2.41. The summed E-state index contributed by atoms with van der Waals surface area (Å²) in [5, 5.41) is 2.89. The Morgan fingerprint density at radius 3 is 0.867 bits per heavy atom. The van der Waals surface area contributed by atoms with Gasteiger partial charge in [0.05, 0.1) is 41.2 Å². The quantitative estimate of drug-likeness (QED) is 0.0738. The van der Waals surface area contributed by atoms with Gasteiger partial charge in [-0.15, -0.1) is 0 Å². The number of unbranched alkanes of at least 4 members (excludes halogenated alkanes) is 3. The molecule has 6 nitrogen and oxygen atoms in total. The summed E-state index contributed by atoms with van der Waals surface area (Å²) in [5.41, 5.74) is 7.17. The molecule has 0 atom stereocenters. The molecule has 0 radical (unpaired) electrons. The zero-order valence-corrected chi connectivity index (χ0v) is 31.4. The number of rotatable bonds is 18. The molecule has 0 N–H and O–H groups in total. The highest BCUT2D eigenvalue weighted by molar-refractivity contribution is 9.09. The number of hydrogen-bond donors (Lipinski definition) is 0. The van der Waals surface area contributed by atoms with Crippen LogP contribution in [0, 0.1) is 0 Å². The molecule has 0 bridgehead atoms. The van der Waals surface area contributed by atoms with Crippen molar-refractivity contribution in [3.8, 4) is 34.5 Å². The maximum atomic E-state index is 6.26. The van der Waals surface area contributed by atoms with Crippen LogP contribution >= 0.6 is 47.8 Å². The van der Waals surface area contributed by atoms with Crippen molar-refractivity contribution in [3.63, 3.8) is 0 Å². The van der Waals surface area contributed by atoms with E-state index in [-0.39, 0.29) is 0 Å². The van der Waals surface area contributed by atoms with Gasteiger partial charge in [0.15, 0.2) is 34.5 Å². The Labute approximate surface area is 293 Å². The predicted octanol–water partition coefficient (Wildman–Crippen LogP) is 9.46. The topological polar surface area (TPSA) is 55.4 Å². The van der Waals surface area contributed by atoms with Crippen LogP contribution in [0.5, 0.6) is 34.5 Å². The second-order valence-corrected chi connectivity index (χ2v) is 13.5. The van der Waals surface area contributed by atoms with Crippen LogP contribution in [0.4, 0.5) is 0 Å². The third kappa shape index (κ3) is 9.94. The Balaban J connectivity index is 1.82. The van der Waals surface area contributed by atoms with Crippen LogP contribution in [0.15, 0.2) is 36.4 Å². The molecule has 1 aliphatic carbocycles. The zero-order valence-electron chi connectivity index (χ0n) is 26.7. The second-order valence-electron chi connectivity index (χ2n) is 11.1. The first-order valence-corrected chi connectivity index (χ1v) is 19.1. The lowest BCUT2D eigenvalue weighted by molar-refractivity contribution is 0.288. The van der Waals surface area contributed by atoms with Gasteiger partial charge in [0.2, 0.25) is 0 Å². The van der Waals surface area contributed by atoms with Gasteiger partial charge in [-0.25, -0.2) is 0 Å². The van der Waals surface area contributed by atoms with Crippen LogP contribution < -0.4 is 28.4 Å². The second kappa shape index (κ2) is 18.9. The summed E-state index contributed by atoms with van der Waals surface area (Å²) in [6.07, 6.45) is 8.27. The average molecular weight is 813 g/mol. The van der Waals surface area contributed by atoms with Gasteiger partial charge in [0.1, 0.15) is 0 Å². The largest absolute Gasteiger partial charge is 0.493 e. The molecule has 3 aromatic rings. The van der Waals surface area contributed by atoms with Crippen LogP contribution in [0.1, 0.15) is 71.9 Å². The van der Waals surface area contributed by atoms with Gasteiger partial charge in [0, 0.05) is 16.0 Å².